The van der Waals surface area contributed by atoms with Gasteiger partial charge >= 0.3 is 0 Å². The Labute approximate surface area is 178 Å². The molecular weight excluding hydrogens is 398 g/mol. The smallest absolute Gasteiger partial charge is 0.293 e. The second-order valence-electron chi connectivity index (χ2n) is 8.15. The zero-order valence-corrected chi connectivity index (χ0v) is 17.4. The van der Waals surface area contributed by atoms with Crippen molar-refractivity contribution in [1.82, 2.24) is 19.7 Å². The number of rotatable bonds is 3. The molecule has 2 aliphatic rings. The van der Waals surface area contributed by atoms with Crippen LogP contribution in [0.1, 0.15) is 46.1 Å². The van der Waals surface area contributed by atoms with Gasteiger partial charge in [0.2, 0.25) is 5.82 Å². The normalized spacial score (nSPS) is 20.7. The maximum Gasteiger partial charge on any atom is 0.293 e. The molecule has 2 amide bonds. The fourth-order valence-corrected chi connectivity index (χ4v) is 5.20. The minimum Gasteiger partial charge on any atom is -0.338 e. The number of hydrogen-bond acceptors (Lipinski definition) is 5. The molecule has 3 aromatic rings. The SMILES string of the molecule is O=C(Nc1ccccc1)c1nnc2n1CCC1(CC2)CCN(C(=O)c2ccsc2)C1. The van der Waals surface area contributed by atoms with Gasteiger partial charge in [0.05, 0.1) is 5.56 Å². The Morgan fingerprint density at radius 1 is 1.03 bits per heavy atom. The topological polar surface area (TPSA) is 80.1 Å². The molecule has 1 aromatic carbocycles. The first-order valence-corrected chi connectivity index (χ1v) is 11.2. The van der Waals surface area contributed by atoms with Crippen LogP contribution in [0.4, 0.5) is 5.69 Å². The number of likely N-dealkylation sites (tertiary alicyclic amines) is 1. The third kappa shape index (κ3) is 3.52. The van der Waals surface area contributed by atoms with Crippen molar-refractivity contribution >= 4 is 28.8 Å². The highest BCUT2D eigenvalue weighted by Gasteiger charge is 2.41. The Morgan fingerprint density at radius 2 is 1.87 bits per heavy atom. The third-order valence-corrected chi connectivity index (χ3v) is 6.98. The van der Waals surface area contributed by atoms with Crippen molar-refractivity contribution in [3.05, 3.63) is 64.4 Å². The molecule has 1 N–H and O–H groups in total. The van der Waals surface area contributed by atoms with Gasteiger partial charge < -0.3 is 14.8 Å². The fraction of sp³-hybridized carbons (Fsp3) is 0.364. The highest BCUT2D eigenvalue weighted by molar-refractivity contribution is 7.08. The summed E-state index contributed by atoms with van der Waals surface area (Å²) in [7, 11) is 0. The summed E-state index contributed by atoms with van der Waals surface area (Å²) >= 11 is 1.55. The second kappa shape index (κ2) is 7.68. The van der Waals surface area contributed by atoms with Crippen molar-refractivity contribution in [3.8, 4) is 0 Å². The first-order valence-electron chi connectivity index (χ1n) is 10.2. The number of nitrogens with one attached hydrogen (secondary N) is 1. The molecule has 1 unspecified atom stereocenters. The van der Waals surface area contributed by atoms with Gasteiger partial charge in [0.1, 0.15) is 5.82 Å². The van der Waals surface area contributed by atoms with Gasteiger partial charge in [0.25, 0.3) is 11.8 Å². The molecule has 0 bridgehead atoms. The molecule has 30 heavy (non-hydrogen) atoms. The number of amides is 2. The van der Waals surface area contributed by atoms with E-state index in [1.807, 2.05) is 56.6 Å². The minimum absolute atomic E-state index is 0.0829. The lowest BCUT2D eigenvalue weighted by Gasteiger charge is -2.27. The van der Waals surface area contributed by atoms with Gasteiger partial charge in [-0.25, -0.2) is 0 Å². The van der Waals surface area contributed by atoms with Crippen LogP contribution in [0, 0.1) is 5.41 Å². The van der Waals surface area contributed by atoms with Crippen LogP contribution >= 0.6 is 11.3 Å². The summed E-state index contributed by atoms with van der Waals surface area (Å²) in [6.45, 7) is 2.25. The van der Waals surface area contributed by atoms with Crippen LogP contribution in [-0.2, 0) is 13.0 Å². The maximum absolute atomic E-state index is 12.8. The third-order valence-electron chi connectivity index (χ3n) is 6.30. The number of para-hydroxylation sites is 1. The fourth-order valence-electron chi connectivity index (χ4n) is 4.57. The van der Waals surface area contributed by atoms with E-state index in [0.717, 1.165) is 55.8 Å². The number of aryl methyl sites for hydroxylation is 1. The van der Waals surface area contributed by atoms with Gasteiger partial charge in [-0.15, -0.1) is 10.2 Å². The molecule has 0 aliphatic carbocycles. The molecular formula is C22H23N5O2S. The van der Waals surface area contributed by atoms with E-state index in [1.54, 1.807) is 11.3 Å². The predicted molar refractivity (Wildman–Crippen MR) is 115 cm³/mol. The Morgan fingerprint density at radius 3 is 2.67 bits per heavy atom. The molecule has 1 atom stereocenters. The molecule has 1 saturated heterocycles. The van der Waals surface area contributed by atoms with E-state index in [-0.39, 0.29) is 17.2 Å². The first kappa shape index (κ1) is 19.0. The Hall–Kier alpha value is -3.00. The molecule has 2 aromatic heterocycles. The lowest BCUT2D eigenvalue weighted by atomic mass is 9.80. The number of carbonyl (C=O) groups is 2. The molecule has 4 heterocycles. The molecule has 8 heteroatoms. The summed E-state index contributed by atoms with van der Waals surface area (Å²) in [6.07, 6.45) is 3.63. The summed E-state index contributed by atoms with van der Waals surface area (Å²) < 4.78 is 1.95. The van der Waals surface area contributed by atoms with Gasteiger partial charge in [0, 0.05) is 37.1 Å². The van der Waals surface area contributed by atoms with Gasteiger partial charge in [-0.3, -0.25) is 9.59 Å². The van der Waals surface area contributed by atoms with E-state index in [4.69, 9.17) is 0 Å². The van der Waals surface area contributed by atoms with Crippen LogP contribution < -0.4 is 5.32 Å². The van der Waals surface area contributed by atoms with Gasteiger partial charge in [-0.2, -0.15) is 11.3 Å². The number of nitrogens with zero attached hydrogens (tertiary/aromatic N) is 4. The van der Waals surface area contributed by atoms with Crippen LogP contribution in [-0.4, -0.2) is 44.6 Å². The van der Waals surface area contributed by atoms with Crippen LogP contribution in [0.3, 0.4) is 0 Å². The zero-order chi connectivity index (χ0) is 20.6. The molecule has 0 radical (unpaired) electrons. The summed E-state index contributed by atoms with van der Waals surface area (Å²) in [5.74, 6) is 1.10. The van der Waals surface area contributed by atoms with E-state index >= 15 is 0 Å². The highest BCUT2D eigenvalue weighted by Crippen LogP contribution is 2.41. The largest absolute Gasteiger partial charge is 0.338 e. The summed E-state index contributed by atoms with van der Waals surface area (Å²) in [6, 6.07) is 11.3. The van der Waals surface area contributed by atoms with E-state index in [0.29, 0.717) is 12.4 Å². The number of benzene rings is 1. The molecule has 5 rings (SSSR count). The Kier molecular flexibility index (Phi) is 4.86. The summed E-state index contributed by atoms with van der Waals surface area (Å²) in [5.41, 5.74) is 1.60. The average molecular weight is 422 g/mol. The zero-order valence-electron chi connectivity index (χ0n) is 16.6. The molecule has 7 nitrogen and oxygen atoms in total. The number of hydrogen-bond donors (Lipinski definition) is 1. The maximum atomic E-state index is 12.8. The first-order chi connectivity index (χ1) is 14.6. The van der Waals surface area contributed by atoms with Gasteiger partial charge in [-0.05, 0) is 48.3 Å². The minimum atomic E-state index is -0.239. The molecule has 1 spiro atoms. The van der Waals surface area contributed by atoms with Gasteiger partial charge in [-0.1, -0.05) is 18.2 Å². The Bertz CT molecular complexity index is 1060. The lowest BCUT2D eigenvalue weighted by Crippen LogP contribution is -2.32. The quantitative estimate of drug-likeness (QED) is 0.702. The highest BCUT2D eigenvalue weighted by atomic mass is 32.1. The number of carbonyl (C=O) groups excluding carboxylic acids is 2. The van der Waals surface area contributed by atoms with Crippen molar-refractivity contribution in [1.29, 1.82) is 0 Å². The van der Waals surface area contributed by atoms with Crippen molar-refractivity contribution in [2.75, 3.05) is 18.4 Å². The second-order valence-corrected chi connectivity index (χ2v) is 8.93. The van der Waals surface area contributed by atoms with Crippen molar-refractivity contribution < 1.29 is 9.59 Å². The molecule has 154 valence electrons. The van der Waals surface area contributed by atoms with Crippen LogP contribution in [0.5, 0.6) is 0 Å². The van der Waals surface area contributed by atoms with Crippen LogP contribution in [0.15, 0.2) is 47.2 Å². The number of anilines is 1. The lowest BCUT2D eigenvalue weighted by molar-refractivity contribution is 0.0767. The van der Waals surface area contributed by atoms with Gasteiger partial charge in [0.15, 0.2) is 0 Å². The monoisotopic (exact) mass is 421 g/mol. The van der Waals surface area contributed by atoms with Crippen molar-refractivity contribution in [2.45, 2.75) is 32.2 Å². The van der Waals surface area contributed by atoms with E-state index < -0.39 is 0 Å². The predicted octanol–water partition coefficient (Wildman–Crippen LogP) is 3.46. The molecule has 0 saturated carbocycles. The van der Waals surface area contributed by atoms with E-state index in [2.05, 4.69) is 15.5 Å². The van der Waals surface area contributed by atoms with E-state index in [1.165, 1.54) is 0 Å². The number of fused-ring (bicyclic) bond motifs is 1. The molecule has 1 fully saturated rings. The number of aromatic nitrogens is 3. The standard InChI is InChI=1S/C22H23N5O2S/c28-20(23-17-4-2-1-3-5-17)19-25-24-18-6-8-22(10-12-27(18)19)9-11-26(15-22)21(29)16-7-13-30-14-16/h1-5,7,13-14H,6,8-12,15H2,(H,23,28). The summed E-state index contributed by atoms with van der Waals surface area (Å²) in [4.78, 5) is 27.5. The van der Waals surface area contributed by atoms with E-state index in [9.17, 15) is 9.59 Å². The van der Waals surface area contributed by atoms with Crippen molar-refractivity contribution in [3.63, 3.8) is 0 Å². The summed E-state index contributed by atoms with van der Waals surface area (Å²) in [5, 5.41) is 15.2. The van der Waals surface area contributed by atoms with Crippen molar-refractivity contribution in [2.24, 2.45) is 5.41 Å². The number of thiophene rings is 1. The average Bonchev–Trinajstić information content (AvgIpc) is 3.49. The Balaban J connectivity index is 1.29. The van der Waals surface area contributed by atoms with Crippen LogP contribution in [0.2, 0.25) is 0 Å². The molecule has 2 aliphatic heterocycles. The van der Waals surface area contributed by atoms with Crippen LogP contribution in [0.25, 0.3) is 0 Å².